The highest BCUT2D eigenvalue weighted by molar-refractivity contribution is 8.00. The van der Waals surface area contributed by atoms with Crippen LogP contribution >= 0.6 is 11.8 Å². The first-order valence-electron chi connectivity index (χ1n) is 8.47. The molecule has 0 aliphatic rings. The summed E-state index contributed by atoms with van der Waals surface area (Å²) in [5.41, 5.74) is 0.572. The Hall–Kier alpha value is -3.66. The second kappa shape index (κ2) is 9.02. The number of nitrogens with one attached hydrogen (secondary N) is 2. The molecule has 9 nitrogen and oxygen atoms in total. The first kappa shape index (κ1) is 20.1. The molecule has 148 valence electrons. The molecule has 0 aliphatic carbocycles. The molecular formula is C19H16N4O5S. The quantitative estimate of drug-likeness (QED) is 0.348. The smallest absolute Gasteiger partial charge is 0.269 e. The van der Waals surface area contributed by atoms with Gasteiger partial charge in [-0.25, -0.2) is 4.68 Å². The van der Waals surface area contributed by atoms with Gasteiger partial charge in [0.25, 0.3) is 16.8 Å². The van der Waals surface area contributed by atoms with Crippen LogP contribution in [0.25, 0.3) is 0 Å². The number of anilines is 1. The highest BCUT2D eigenvalue weighted by Gasteiger charge is 2.08. The van der Waals surface area contributed by atoms with Gasteiger partial charge in [0.05, 0.1) is 17.2 Å². The molecule has 3 aromatic rings. The fraction of sp³-hybridized carbons (Fsp3) is 0.105. The number of hydrogen-bond acceptors (Lipinski definition) is 6. The number of nitrogens with zero attached hydrogens (tertiary/aromatic N) is 2. The van der Waals surface area contributed by atoms with Gasteiger partial charge < -0.3 is 5.32 Å². The van der Waals surface area contributed by atoms with Crippen molar-refractivity contribution in [2.75, 3.05) is 11.1 Å². The number of benzene rings is 2. The molecule has 0 aliphatic heterocycles. The Morgan fingerprint density at radius 2 is 1.86 bits per heavy atom. The minimum atomic E-state index is -0.479. The molecule has 0 fully saturated rings. The second-order valence-corrected chi connectivity index (χ2v) is 7.07. The van der Waals surface area contributed by atoms with E-state index in [-0.39, 0.29) is 35.0 Å². The van der Waals surface area contributed by atoms with Crippen molar-refractivity contribution in [3.8, 4) is 0 Å². The first-order valence-corrected chi connectivity index (χ1v) is 9.45. The van der Waals surface area contributed by atoms with Gasteiger partial charge in [0, 0.05) is 34.8 Å². The maximum atomic E-state index is 12.2. The van der Waals surface area contributed by atoms with Gasteiger partial charge in [-0.3, -0.25) is 29.6 Å². The maximum Gasteiger partial charge on any atom is 0.269 e. The van der Waals surface area contributed by atoms with Crippen molar-refractivity contribution in [2.24, 2.45) is 0 Å². The van der Waals surface area contributed by atoms with Gasteiger partial charge in [-0.1, -0.05) is 12.1 Å². The van der Waals surface area contributed by atoms with Crippen molar-refractivity contribution in [3.05, 3.63) is 97.0 Å². The molecule has 29 heavy (non-hydrogen) atoms. The lowest BCUT2D eigenvalue weighted by Crippen LogP contribution is -2.28. The van der Waals surface area contributed by atoms with Crippen molar-refractivity contribution < 1.29 is 9.72 Å². The highest BCUT2D eigenvalue weighted by atomic mass is 32.2. The number of aromatic nitrogens is 2. The summed E-state index contributed by atoms with van der Waals surface area (Å²) >= 11 is 1.26. The van der Waals surface area contributed by atoms with E-state index < -0.39 is 4.92 Å². The van der Waals surface area contributed by atoms with Crippen LogP contribution in [-0.4, -0.2) is 26.4 Å². The zero-order valence-electron chi connectivity index (χ0n) is 15.0. The third-order valence-corrected chi connectivity index (χ3v) is 4.87. The van der Waals surface area contributed by atoms with Crippen molar-refractivity contribution in [1.29, 1.82) is 0 Å². The fourth-order valence-corrected chi connectivity index (χ4v) is 3.22. The summed E-state index contributed by atoms with van der Waals surface area (Å²) in [6.45, 7) is 0.163. The van der Waals surface area contributed by atoms with E-state index >= 15 is 0 Å². The van der Waals surface area contributed by atoms with E-state index in [9.17, 15) is 24.5 Å². The molecule has 3 rings (SSSR count). The molecule has 2 N–H and O–H groups in total. The number of hydrogen-bond donors (Lipinski definition) is 2. The van der Waals surface area contributed by atoms with Gasteiger partial charge in [0.2, 0.25) is 5.91 Å². The van der Waals surface area contributed by atoms with Gasteiger partial charge in [0.1, 0.15) is 0 Å². The number of H-pyrrole nitrogens is 1. The average molecular weight is 412 g/mol. The van der Waals surface area contributed by atoms with Gasteiger partial charge >= 0.3 is 0 Å². The zero-order chi connectivity index (χ0) is 20.8. The molecule has 0 saturated heterocycles. The molecule has 1 amide bonds. The lowest BCUT2D eigenvalue weighted by atomic mass is 10.2. The summed E-state index contributed by atoms with van der Waals surface area (Å²) in [6.07, 6.45) is 0. The van der Waals surface area contributed by atoms with E-state index in [1.165, 1.54) is 34.6 Å². The summed E-state index contributed by atoms with van der Waals surface area (Å²) < 4.78 is 1.19. The molecule has 0 radical (unpaired) electrons. The highest BCUT2D eigenvalue weighted by Crippen LogP contribution is 2.21. The topological polar surface area (TPSA) is 127 Å². The Balaban J connectivity index is 1.60. The molecule has 0 unspecified atom stereocenters. The number of nitro benzene ring substituents is 1. The number of carbonyl (C=O) groups excluding carboxylic acids is 1. The second-order valence-electron chi connectivity index (χ2n) is 6.02. The summed E-state index contributed by atoms with van der Waals surface area (Å²) in [4.78, 5) is 46.3. The van der Waals surface area contributed by atoms with Gasteiger partial charge in [-0.2, -0.15) is 0 Å². The summed E-state index contributed by atoms with van der Waals surface area (Å²) in [6, 6.07) is 15.3. The third kappa shape index (κ3) is 5.66. The van der Waals surface area contributed by atoms with E-state index in [0.29, 0.717) is 5.69 Å². The monoisotopic (exact) mass is 412 g/mol. The Kier molecular flexibility index (Phi) is 6.25. The Morgan fingerprint density at radius 3 is 2.59 bits per heavy atom. The normalized spacial score (nSPS) is 10.5. The number of nitro groups is 1. The van der Waals surface area contributed by atoms with E-state index in [1.807, 2.05) is 0 Å². The Morgan fingerprint density at radius 1 is 1.10 bits per heavy atom. The Labute approximate surface area is 168 Å². The molecule has 0 atom stereocenters. The van der Waals surface area contributed by atoms with E-state index in [2.05, 4.69) is 10.4 Å². The number of amides is 1. The van der Waals surface area contributed by atoms with E-state index in [1.54, 1.807) is 36.4 Å². The van der Waals surface area contributed by atoms with Crippen LogP contribution in [0.3, 0.4) is 0 Å². The number of non-ortho nitro benzene ring substituents is 1. The SMILES string of the molecule is O=C(CSc1ccc([N+](=O)[O-])cc1)Nc1cccc(Cn2[nH]c(=O)ccc2=O)c1. The number of carbonyl (C=O) groups is 1. The lowest BCUT2D eigenvalue weighted by molar-refractivity contribution is -0.384. The minimum Gasteiger partial charge on any atom is -0.325 e. The molecule has 2 aromatic carbocycles. The van der Waals surface area contributed by atoms with Crippen LogP contribution in [0.15, 0.2) is 75.1 Å². The maximum absolute atomic E-state index is 12.2. The zero-order valence-corrected chi connectivity index (χ0v) is 15.8. The summed E-state index contributed by atoms with van der Waals surface area (Å²) in [7, 11) is 0. The largest absolute Gasteiger partial charge is 0.325 e. The van der Waals surface area contributed by atoms with E-state index in [4.69, 9.17) is 0 Å². The minimum absolute atomic E-state index is 0.00511. The van der Waals surface area contributed by atoms with Crippen molar-refractivity contribution in [3.63, 3.8) is 0 Å². The van der Waals surface area contributed by atoms with Crippen LogP contribution < -0.4 is 16.4 Å². The third-order valence-electron chi connectivity index (χ3n) is 3.86. The predicted octanol–water partition coefficient (Wildman–Crippen LogP) is 2.22. The van der Waals surface area contributed by atoms with Gasteiger partial charge in [-0.05, 0) is 29.8 Å². The van der Waals surface area contributed by atoms with Crippen molar-refractivity contribution >= 4 is 29.0 Å². The predicted molar refractivity (Wildman–Crippen MR) is 109 cm³/mol. The molecule has 1 aromatic heterocycles. The van der Waals surface area contributed by atoms with Gasteiger partial charge in [0.15, 0.2) is 0 Å². The molecule has 1 heterocycles. The van der Waals surface area contributed by atoms with Crippen molar-refractivity contribution in [2.45, 2.75) is 11.4 Å². The first-order chi connectivity index (χ1) is 13.9. The van der Waals surface area contributed by atoms with Crippen LogP contribution in [0, 0.1) is 10.1 Å². The summed E-state index contributed by atoms with van der Waals surface area (Å²) in [5.74, 6) is -0.108. The molecule has 0 saturated carbocycles. The fourth-order valence-electron chi connectivity index (χ4n) is 2.52. The Bertz CT molecular complexity index is 1150. The van der Waals surface area contributed by atoms with Crippen LogP contribution in [0.1, 0.15) is 5.56 Å². The van der Waals surface area contributed by atoms with Crippen LogP contribution in [0.4, 0.5) is 11.4 Å². The van der Waals surface area contributed by atoms with Crippen LogP contribution in [0.5, 0.6) is 0 Å². The molecule has 0 spiro atoms. The lowest BCUT2D eigenvalue weighted by Gasteiger charge is -2.09. The molecule has 0 bridgehead atoms. The van der Waals surface area contributed by atoms with Crippen LogP contribution in [-0.2, 0) is 11.3 Å². The number of aromatic amines is 1. The standard InChI is InChI=1S/C19H16N4O5S/c24-17-8-9-19(26)22(21-17)11-13-2-1-3-14(10-13)20-18(25)12-29-16-6-4-15(5-7-16)23(27)28/h1-10H,11-12H2,(H,20,25)(H,21,24). The van der Waals surface area contributed by atoms with Gasteiger partial charge in [-0.15, -0.1) is 11.8 Å². The average Bonchev–Trinajstić information content (AvgIpc) is 2.70. The summed E-state index contributed by atoms with van der Waals surface area (Å²) in [5, 5.41) is 15.9. The van der Waals surface area contributed by atoms with Crippen LogP contribution in [0.2, 0.25) is 0 Å². The number of thioether (sulfide) groups is 1. The molecule has 10 heteroatoms. The van der Waals surface area contributed by atoms with E-state index in [0.717, 1.165) is 16.5 Å². The molecular weight excluding hydrogens is 396 g/mol. The van der Waals surface area contributed by atoms with Crippen molar-refractivity contribution in [1.82, 2.24) is 9.78 Å². The number of rotatable bonds is 7.